The van der Waals surface area contributed by atoms with Gasteiger partial charge in [-0.3, -0.25) is 9.69 Å². The van der Waals surface area contributed by atoms with E-state index in [4.69, 9.17) is 13.9 Å². The van der Waals surface area contributed by atoms with E-state index >= 15 is 0 Å². The van der Waals surface area contributed by atoms with Crippen LogP contribution in [0.15, 0.2) is 59.2 Å². The molecule has 2 aliphatic rings. The molecule has 5 rings (SSSR count). The zero-order valence-corrected chi connectivity index (χ0v) is 18.4. The van der Waals surface area contributed by atoms with E-state index in [9.17, 15) is 4.79 Å². The Labute approximate surface area is 188 Å². The zero-order valence-electron chi connectivity index (χ0n) is 18.4. The molecule has 0 spiro atoms. The highest BCUT2D eigenvalue weighted by Gasteiger charge is 2.26. The molecule has 32 heavy (non-hydrogen) atoms. The number of carbonyl (C=O) groups is 1. The van der Waals surface area contributed by atoms with Crippen molar-refractivity contribution in [2.75, 3.05) is 52.6 Å². The lowest BCUT2D eigenvalue weighted by atomic mass is 9.98. The minimum atomic E-state index is 0.103. The minimum absolute atomic E-state index is 0.103. The SMILES string of the molecule is O=C(c1ccccc1CN1CCOCC1)N1CCOCC(Cc2ccc3ccoc3c2)C1. The van der Waals surface area contributed by atoms with Crippen LogP contribution in [0.4, 0.5) is 0 Å². The van der Waals surface area contributed by atoms with Gasteiger partial charge in [-0.15, -0.1) is 0 Å². The quantitative estimate of drug-likeness (QED) is 0.614. The summed E-state index contributed by atoms with van der Waals surface area (Å²) in [6.45, 7) is 6.66. The second kappa shape index (κ2) is 9.86. The van der Waals surface area contributed by atoms with Crippen LogP contribution < -0.4 is 0 Å². The van der Waals surface area contributed by atoms with E-state index < -0.39 is 0 Å². The molecular formula is C26H30N2O4. The second-order valence-corrected chi connectivity index (χ2v) is 8.73. The molecule has 2 aliphatic heterocycles. The average Bonchev–Trinajstić information content (AvgIpc) is 3.17. The lowest BCUT2D eigenvalue weighted by Gasteiger charge is -2.28. The fourth-order valence-electron chi connectivity index (χ4n) is 4.69. The fraction of sp³-hybridized carbons (Fsp3) is 0.423. The van der Waals surface area contributed by atoms with Crippen molar-refractivity contribution in [3.63, 3.8) is 0 Å². The van der Waals surface area contributed by atoms with E-state index in [0.29, 0.717) is 26.3 Å². The molecule has 3 heterocycles. The maximum Gasteiger partial charge on any atom is 0.254 e. The van der Waals surface area contributed by atoms with Crippen LogP contribution in [0.5, 0.6) is 0 Å². The summed E-state index contributed by atoms with van der Waals surface area (Å²) in [7, 11) is 0. The van der Waals surface area contributed by atoms with E-state index in [1.165, 1.54) is 5.56 Å². The predicted octanol–water partition coefficient (Wildman–Crippen LogP) is 3.60. The summed E-state index contributed by atoms with van der Waals surface area (Å²) in [5.74, 6) is 0.353. The number of benzene rings is 2. The van der Waals surface area contributed by atoms with Crippen molar-refractivity contribution < 1.29 is 18.7 Å². The van der Waals surface area contributed by atoms with Gasteiger partial charge in [-0.1, -0.05) is 30.3 Å². The monoisotopic (exact) mass is 434 g/mol. The summed E-state index contributed by atoms with van der Waals surface area (Å²) in [4.78, 5) is 17.9. The average molecular weight is 435 g/mol. The number of amides is 1. The molecule has 6 heteroatoms. The minimum Gasteiger partial charge on any atom is -0.464 e. The van der Waals surface area contributed by atoms with Gasteiger partial charge in [-0.05, 0) is 35.7 Å². The van der Waals surface area contributed by atoms with E-state index in [0.717, 1.165) is 61.4 Å². The maximum absolute atomic E-state index is 13.6. The Morgan fingerprint density at radius 3 is 2.72 bits per heavy atom. The lowest BCUT2D eigenvalue weighted by Crippen LogP contribution is -2.38. The Bertz CT molecular complexity index is 1060. The Balaban J connectivity index is 1.29. The third kappa shape index (κ3) is 4.88. The topological polar surface area (TPSA) is 55.2 Å². The second-order valence-electron chi connectivity index (χ2n) is 8.73. The normalized spacial score (nSPS) is 20.4. The summed E-state index contributed by atoms with van der Waals surface area (Å²) < 4.78 is 16.9. The molecule has 6 nitrogen and oxygen atoms in total. The van der Waals surface area contributed by atoms with Gasteiger partial charge >= 0.3 is 0 Å². The zero-order chi connectivity index (χ0) is 21.8. The molecule has 0 N–H and O–H groups in total. The number of fused-ring (bicyclic) bond motifs is 1. The molecule has 2 saturated heterocycles. The van der Waals surface area contributed by atoms with Gasteiger partial charge in [0.2, 0.25) is 0 Å². The van der Waals surface area contributed by atoms with Crippen molar-refractivity contribution in [3.05, 3.63) is 71.5 Å². The van der Waals surface area contributed by atoms with Crippen molar-refractivity contribution >= 4 is 16.9 Å². The molecule has 0 bridgehead atoms. The summed E-state index contributed by atoms with van der Waals surface area (Å²) in [5.41, 5.74) is 4.01. The number of ether oxygens (including phenoxy) is 2. The first-order valence-electron chi connectivity index (χ1n) is 11.5. The Morgan fingerprint density at radius 1 is 0.969 bits per heavy atom. The summed E-state index contributed by atoms with van der Waals surface area (Å²) >= 11 is 0. The standard InChI is InChI=1S/C26H30N2O4/c29-26(24-4-2-1-3-23(24)18-27-8-12-30-13-9-27)28-10-14-31-19-21(17-28)15-20-5-6-22-7-11-32-25(22)16-20/h1-7,11,16,21H,8-10,12-15,17-19H2. The number of rotatable bonds is 5. The molecule has 1 amide bonds. The van der Waals surface area contributed by atoms with Gasteiger partial charge in [-0.25, -0.2) is 0 Å². The molecule has 1 unspecified atom stereocenters. The van der Waals surface area contributed by atoms with Crippen LogP contribution in [0, 0.1) is 5.92 Å². The number of morpholine rings is 1. The molecule has 1 atom stereocenters. The van der Waals surface area contributed by atoms with Crippen molar-refractivity contribution in [2.45, 2.75) is 13.0 Å². The molecular weight excluding hydrogens is 404 g/mol. The molecule has 2 aromatic carbocycles. The highest BCUT2D eigenvalue weighted by Crippen LogP contribution is 2.22. The number of hydrogen-bond donors (Lipinski definition) is 0. The van der Waals surface area contributed by atoms with E-state index in [1.807, 2.05) is 29.2 Å². The lowest BCUT2D eigenvalue weighted by molar-refractivity contribution is 0.0339. The van der Waals surface area contributed by atoms with Gasteiger partial charge in [0.05, 0.1) is 32.7 Å². The first-order valence-corrected chi connectivity index (χ1v) is 11.5. The predicted molar refractivity (Wildman–Crippen MR) is 123 cm³/mol. The summed E-state index contributed by atoms with van der Waals surface area (Å²) in [6.07, 6.45) is 2.58. The van der Waals surface area contributed by atoms with Gasteiger partial charge in [0.15, 0.2) is 0 Å². The van der Waals surface area contributed by atoms with Crippen molar-refractivity contribution in [1.82, 2.24) is 9.80 Å². The molecule has 0 radical (unpaired) electrons. The van der Waals surface area contributed by atoms with Crippen molar-refractivity contribution in [2.24, 2.45) is 5.92 Å². The van der Waals surface area contributed by atoms with Crippen LogP contribution in [-0.2, 0) is 22.4 Å². The highest BCUT2D eigenvalue weighted by atomic mass is 16.5. The Morgan fingerprint density at radius 2 is 1.81 bits per heavy atom. The van der Waals surface area contributed by atoms with Gasteiger partial charge < -0.3 is 18.8 Å². The van der Waals surface area contributed by atoms with Crippen LogP contribution >= 0.6 is 0 Å². The van der Waals surface area contributed by atoms with Crippen LogP contribution in [0.25, 0.3) is 11.0 Å². The molecule has 0 aliphatic carbocycles. The van der Waals surface area contributed by atoms with E-state index in [-0.39, 0.29) is 11.8 Å². The van der Waals surface area contributed by atoms with Crippen LogP contribution in [0.1, 0.15) is 21.5 Å². The largest absolute Gasteiger partial charge is 0.464 e. The molecule has 2 fully saturated rings. The Kier molecular flexibility index (Phi) is 6.53. The fourth-order valence-corrected chi connectivity index (χ4v) is 4.69. The highest BCUT2D eigenvalue weighted by molar-refractivity contribution is 5.95. The van der Waals surface area contributed by atoms with Gasteiger partial charge in [0.1, 0.15) is 5.58 Å². The maximum atomic E-state index is 13.6. The number of carbonyl (C=O) groups excluding carboxylic acids is 1. The first kappa shape index (κ1) is 21.2. The summed E-state index contributed by atoms with van der Waals surface area (Å²) in [6, 6.07) is 16.3. The molecule has 1 aromatic heterocycles. The molecule has 3 aromatic rings. The van der Waals surface area contributed by atoms with Crippen LogP contribution in [0.3, 0.4) is 0 Å². The van der Waals surface area contributed by atoms with Gasteiger partial charge in [0.25, 0.3) is 5.91 Å². The van der Waals surface area contributed by atoms with Crippen molar-refractivity contribution in [3.8, 4) is 0 Å². The van der Waals surface area contributed by atoms with Crippen molar-refractivity contribution in [1.29, 1.82) is 0 Å². The third-order valence-electron chi connectivity index (χ3n) is 6.42. The molecule has 0 saturated carbocycles. The Hall–Kier alpha value is -2.67. The summed E-state index contributed by atoms with van der Waals surface area (Å²) in [5, 5.41) is 1.11. The number of nitrogens with zero attached hydrogens (tertiary/aromatic N) is 2. The van der Waals surface area contributed by atoms with Gasteiger partial charge in [0, 0.05) is 49.6 Å². The number of hydrogen-bond acceptors (Lipinski definition) is 5. The number of furan rings is 1. The van der Waals surface area contributed by atoms with E-state index in [2.05, 4.69) is 29.2 Å². The molecule has 168 valence electrons. The van der Waals surface area contributed by atoms with Crippen LogP contribution in [-0.4, -0.2) is 68.3 Å². The third-order valence-corrected chi connectivity index (χ3v) is 6.42. The van der Waals surface area contributed by atoms with E-state index in [1.54, 1.807) is 6.26 Å². The smallest absolute Gasteiger partial charge is 0.254 e. The first-order chi connectivity index (χ1) is 15.8. The van der Waals surface area contributed by atoms with Gasteiger partial charge in [-0.2, -0.15) is 0 Å². The van der Waals surface area contributed by atoms with Crippen LogP contribution in [0.2, 0.25) is 0 Å².